The third kappa shape index (κ3) is 6.15. The maximum atomic E-state index is 12.3. The standard InChI is InChI=1S/C26H45NO5S2.Na/c1-16(4-7-23(30)27-12-13-34(31,32)33)19-5-6-20-24-21(9-11-26(19,20)3)25(2)10-8-18(28)14-17(25)15-22(24)29;/h16-22,24,28-29H,4-15H2,1-3H3,(H,27,30)(H,31,32,33);/t16-,17+,18-,19-,20?,21?,22?,24?,25+,26-;/m1./s1. The van der Waals surface area contributed by atoms with Gasteiger partial charge in [0.2, 0.25) is 5.91 Å². The molecule has 4 fully saturated rings. The quantitative estimate of drug-likeness (QED) is 0.371. The Kier molecular flexibility index (Phi) is 9.90. The molecule has 0 aliphatic heterocycles. The zero-order chi connectivity index (χ0) is 24.9. The first-order chi connectivity index (χ1) is 15.8. The summed E-state index contributed by atoms with van der Waals surface area (Å²) in [5.74, 6) is 2.71. The first-order valence-corrected chi connectivity index (χ1v) is 16.0. The third-order valence-electron chi connectivity index (χ3n) is 10.9. The van der Waals surface area contributed by atoms with Crippen LogP contribution >= 0.6 is 0 Å². The summed E-state index contributed by atoms with van der Waals surface area (Å²) in [5.41, 5.74) is 0.454. The van der Waals surface area contributed by atoms with Crippen molar-refractivity contribution in [2.24, 2.45) is 46.3 Å². The van der Waals surface area contributed by atoms with Crippen molar-refractivity contribution in [2.75, 3.05) is 12.3 Å². The largest absolute Gasteiger partial charge is 0.393 e. The maximum absolute atomic E-state index is 12.3. The molecule has 1 amide bonds. The molecule has 4 aliphatic rings. The molecule has 0 aromatic carbocycles. The van der Waals surface area contributed by atoms with Crippen molar-refractivity contribution < 1.29 is 23.8 Å². The topological polar surface area (TPSA) is 107 Å². The van der Waals surface area contributed by atoms with E-state index in [-0.39, 0.29) is 70.8 Å². The number of carbonyl (C=O) groups is 1. The Bertz CT molecular complexity index is 872. The molecule has 5 unspecified atom stereocenters. The first kappa shape index (κ1) is 30.3. The Balaban J connectivity index is 0.00000342. The van der Waals surface area contributed by atoms with Gasteiger partial charge in [0.1, 0.15) is 8.77 Å². The second-order valence-electron chi connectivity index (χ2n) is 12.6. The van der Waals surface area contributed by atoms with Gasteiger partial charge in [-0.05, 0) is 104 Å². The first-order valence-electron chi connectivity index (χ1n) is 13.4. The van der Waals surface area contributed by atoms with E-state index < -0.39 is 8.77 Å². The fraction of sp³-hybridized carbons (Fsp3) is 0.962. The van der Waals surface area contributed by atoms with Gasteiger partial charge in [-0.3, -0.25) is 4.79 Å². The van der Waals surface area contributed by atoms with E-state index in [1.54, 1.807) is 0 Å². The summed E-state index contributed by atoms with van der Waals surface area (Å²) in [7, 11) is -3.23. The number of amides is 1. The summed E-state index contributed by atoms with van der Waals surface area (Å²) in [6.07, 6.45) is 9.16. The molecule has 4 N–H and O–H groups in total. The van der Waals surface area contributed by atoms with E-state index >= 15 is 0 Å². The molecular formula is C26H45NNaO5S2. The second-order valence-corrected chi connectivity index (χ2v) is 15.7. The number of aliphatic hydroxyl groups excluding tert-OH is 2. The number of fused-ring (bicyclic) bond motifs is 5. The molecule has 9 heteroatoms. The minimum absolute atomic E-state index is 0. The van der Waals surface area contributed by atoms with Gasteiger partial charge in [-0.15, -0.1) is 0 Å². The molecule has 35 heavy (non-hydrogen) atoms. The van der Waals surface area contributed by atoms with Gasteiger partial charge in [0.15, 0.2) is 0 Å². The van der Waals surface area contributed by atoms with Crippen molar-refractivity contribution in [3.8, 4) is 0 Å². The van der Waals surface area contributed by atoms with E-state index in [1.165, 1.54) is 25.7 Å². The molecule has 4 rings (SSSR count). The smallest absolute Gasteiger partial charge is 0.220 e. The van der Waals surface area contributed by atoms with Crippen LogP contribution in [0.2, 0.25) is 0 Å². The van der Waals surface area contributed by atoms with Gasteiger partial charge in [0.25, 0.3) is 0 Å². The summed E-state index contributed by atoms with van der Waals surface area (Å²) in [6, 6.07) is 0. The Morgan fingerprint density at radius 3 is 2.43 bits per heavy atom. The van der Waals surface area contributed by atoms with Crippen molar-refractivity contribution >= 4 is 55.4 Å². The molecule has 11 atom stereocenters. The molecule has 6 nitrogen and oxygen atoms in total. The number of hydrogen-bond donors (Lipinski definition) is 4. The fourth-order valence-corrected chi connectivity index (χ4v) is 9.75. The second kappa shape index (κ2) is 11.4. The molecule has 1 radical (unpaired) electrons. The molecular weight excluding hydrogens is 493 g/mol. The molecule has 0 heterocycles. The van der Waals surface area contributed by atoms with Gasteiger partial charge in [-0.25, -0.2) is 4.21 Å². The van der Waals surface area contributed by atoms with Crippen LogP contribution in [-0.4, -0.2) is 78.9 Å². The molecule has 0 aromatic rings. The Morgan fingerprint density at radius 1 is 1.09 bits per heavy atom. The molecule has 4 saturated carbocycles. The van der Waals surface area contributed by atoms with E-state index in [2.05, 4.69) is 37.3 Å². The zero-order valence-corrected chi connectivity index (χ0v) is 25.7. The van der Waals surface area contributed by atoms with Crippen molar-refractivity contribution in [1.82, 2.24) is 5.32 Å². The number of rotatable bonds is 7. The van der Waals surface area contributed by atoms with Gasteiger partial charge in [0, 0.05) is 53.7 Å². The van der Waals surface area contributed by atoms with Crippen LogP contribution in [0.3, 0.4) is 0 Å². The summed E-state index contributed by atoms with van der Waals surface area (Å²) >= 11 is 4.48. The predicted octanol–water partition coefficient (Wildman–Crippen LogP) is 3.35. The van der Waals surface area contributed by atoms with E-state index in [4.69, 9.17) is 0 Å². The third-order valence-corrected chi connectivity index (χ3v) is 12.1. The average Bonchev–Trinajstić information content (AvgIpc) is 3.09. The van der Waals surface area contributed by atoms with E-state index in [1.807, 2.05) is 0 Å². The molecule has 0 bridgehead atoms. The van der Waals surface area contributed by atoms with Crippen LogP contribution in [0.25, 0.3) is 0 Å². The van der Waals surface area contributed by atoms with E-state index in [0.717, 1.165) is 32.1 Å². The normalized spacial score (nSPS) is 45.1. The van der Waals surface area contributed by atoms with Crippen LogP contribution in [0.5, 0.6) is 0 Å². The minimum atomic E-state index is -3.23. The van der Waals surface area contributed by atoms with Crippen molar-refractivity contribution in [1.29, 1.82) is 0 Å². The van der Waals surface area contributed by atoms with E-state index in [0.29, 0.717) is 41.9 Å². The summed E-state index contributed by atoms with van der Waals surface area (Å²) in [6.45, 7) is 7.32. The molecule has 0 aromatic heterocycles. The summed E-state index contributed by atoms with van der Waals surface area (Å²) in [5, 5.41) is 24.4. The molecule has 4 aliphatic carbocycles. The van der Waals surface area contributed by atoms with Gasteiger partial charge in [0.05, 0.1) is 18.0 Å². The monoisotopic (exact) mass is 538 g/mol. The van der Waals surface area contributed by atoms with E-state index in [9.17, 15) is 23.8 Å². The zero-order valence-electron chi connectivity index (χ0n) is 22.1. The summed E-state index contributed by atoms with van der Waals surface area (Å²) < 4.78 is 20.4. The van der Waals surface area contributed by atoms with Crippen LogP contribution in [0.1, 0.15) is 85.0 Å². The van der Waals surface area contributed by atoms with Crippen LogP contribution in [0, 0.1) is 46.3 Å². The van der Waals surface area contributed by atoms with Crippen LogP contribution in [0.15, 0.2) is 0 Å². The van der Waals surface area contributed by atoms with Crippen molar-refractivity contribution in [3.63, 3.8) is 0 Å². The Labute approximate surface area is 239 Å². The molecule has 0 spiro atoms. The number of hydrogen-bond acceptors (Lipinski definition) is 5. The minimum Gasteiger partial charge on any atom is -0.393 e. The summed E-state index contributed by atoms with van der Waals surface area (Å²) in [4.78, 5) is 12.3. The number of nitrogens with one attached hydrogen (secondary N) is 1. The fourth-order valence-electron chi connectivity index (χ4n) is 9.14. The SMILES string of the molecule is C[C@H](CCC(=O)NCCS(=O)(O)=S)[C@H]1CCC2C3C(O)C[C@@H]4C[C@H](O)CC[C@]4(C)C3CC[C@@]21C.[Na]. The Hall–Kier alpha value is 0.720. The van der Waals surface area contributed by atoms with Crippen LogP contribution in [0.4, 0.5) is 0 Å². The molecule has 0 saturated heterocycles. The predicted molar refractivity (Wildman–Crippen MR) is 143 cm³/mol. The van der Waals surface area contributed by atoms with Gasteiger partial charge >= 0.3 is 0 Å². The molecule has 197 valence electrons. The number of aliphatic hydroxyl groups is 2. The maximum Gasteiger partial charge on any atom is 0.220 e. The number of carbonyl (C=O) groups excluding carboxylic acids is 1. The van der Waals surface area contributed by atoms with Crippen molar-refractivity contribution in [2.45, 2.75) is 97.2 Å². The van der Waals surface area contributed by atoms with Gasteiger partial charge < -0.3 is 20.1 Å². The van der Waals surface area contributed by atoms with Crippen LogP contribution in [-0.2, 0) is 24.8 Å². The van der Waals surface area contributed by atoms with Crippen LogP contribution < -0.4 is 5.32 Å². The Morgan fingerprint density at radius 2 is 1.74 bits per heavy atom. The van der Waals surface area contributed by atoms with Crippen molar-refractivity contribution in [3.05, 3.63) is 0 Å². The average molecular weight is 539 g/mol. The van der Waals surface area contributed by atoms with Gasteiger partial charge in [-0.1, -0.05) is 20.8 Å². The van der Waals surface area contributed by atoms with Gasteiger partial charge in [-0.2, -0.15) is 0 Å².